The number of aliphatic hydroxyl groups is 2. The van der Waals surface area contributed by atoms with E-state index >= 15 is 0 Å². The highest BCUT2D eigenvalue weighted by Crippen LogP contribution is 2.49. The van der Waals surface area contributed by atoms with Crippen molar-refractivity contribution in [3.8, 4) is 17.2 Å². The summed E-state index contributed by atoms with van der Waals surface area (Å²) < 4.78 is 48.2. The van der Waals surface area contributed by atoms with Gasteiger partial charge < -0.3 is 47.1 Å². The molecule has 1 fully saturated rings. The van der Waals surface area contributed by atoms with Crippen molar-refractivity contribution < 1.29 is 47.1 Å². The topological polar surface area (TPSA) is 143 Å². The number of hydrogen-bond donors (Lipinski definition) is 2. The van der Waals surface area contributed by atoms with E-state index in [1.807, 2.05) is 26.0 Å². The molecular weight excluding hydrogens is 560 g/mol. The maximum Gasteiger partial charge on any atom is 0.350 e. The molecule has 5 heterocycles. The van der Waals surface area contributed by atoms with E-state index in [0.29, 0.717) is 27.9 Å². The fourth-order valence-electron chi connectivity index (χ4n) is 5.22. The SMILES string of the molecule is CC(C)(O)[C@H](O)COc1c2c(cc3ccoc13)C=C[C@]1(O2)O[C@@H](COc2c3occc3cc3ccc(=O)oc23)C(C)(C)O1. The van der Waals surface area contributed by atoms with Crippen molar-refractivity contribution in [3.05, 3.63) is 71.0 Å². The van der Waals surface area contributed by atoms with Crippen LogP contribution in [0.25, 0.3) is 39.0 Å². The summed E-state index contributed by atoms with van der Waals surface area (Å²) in [7, 11) is 0. The first kappa shape index (κ1) is 27.5. The van der Waals surface area contributed by atoms with Crippen LogP contribution in [-0.2, 0) is 9.47 Å². The van der Waals surface area contributed by atoms with Crippen molar-refractivity contribution in [2.75, 3.05) is 13.2 Å². The predicted molar refractivity (Wildman–Crippen MR) is 154 cm³/mol. The molecule has 43 heavy (non-hydrogen) atoms. The Morgan fingerprint density at radius 3 is 2.40 bits per heavy atom. The number of furan rings is 2. The fourth-order valence-corrected chi connectivity index (χ4v) is 5.22. The van der Waals surface area contributed by atoms with Crippen molar-refractivity contribution in [1.82, 2.24) is 0 Å². The Labute approximate surface area is 244 Å². The van der Waals surface area contributed by atoms with Crippen LogP contribution in [0.2, 0.25) is 0 Å². The summed E-state index contributed by atoms with van der Waals surface area (Å²) >= 11 is 0. The molecule has 11 heteroatoms. The first-order chi connectivity index (χ1) is 20.4. The van der Waals surface area contributed by atoms with E-state index < -0.39 is 35.0 Å². The predicted octanol–water partition coefficient (Wildman–Crippen LogP) is 5.13. The van der Waals surface area contributed by atoms with E-state index in [1.165, 1.54) is 32.4 Å². The Kier molecular flexibility index (Phi) is 6.16. The highest BCUT2D eigenvalue weighted by atomic mass is 16.9. The summed E-state index contributed by atoms with van der Waals surface area (Å²) in [5.74, 6) is -0.829. The monoisotopic (exact) mass is 590 g/mol. The maximum atomic E-state index is 12.0. The van der Waals surface area contributed by atoms with Crippen LogP contribution >= 0.6 is 0 Å². The molecule has 0 radical (unpaired) electrons. The number of hydrogen-bond acceptors (Lipinski definition) is 11. The Balaban J connectivity index is 1.18. The van der Waals surface area contributed by atoms with Gasteiger partial charge >= 0.3 is 11.6 Å². The molecule has 0 amide bonds. The molecule has 0 saturated carbocycles. The quantitative estimate of drug-likeness (QED) is 0.244. The third-order valence-electron chi connectivity index (χ3n) is 7.74. The van der Waals surface area contributed by atoms with Crippen LogP contribution in [0.3, 0.4) is 0 Å². The molecule has 3 aromatic heterocycles. The third-order valence-corrected chi connectivity index (χ3v) is 7.74. The zero-order valence-electron chi connectivity index (χ0n) is 23.9. The third kappa shape index (κ3) is 4.74. The highest BCUT2D eigenvalue weighted by Gasteiger charge is 2.55. The summed E-state index contributed by atoms with van der Waals surface area (Å²) in [4.78, 5) is 12.0. The number of benzene rings is 2. The smallest absolute Gasteiger partial charge is 0.350 e. The molecule has 0 unspecified atom stereocenters. The summed E-state index contributed by atoms with van der Waals surface area (Å²) in [5.41, 5.74) is -1.01. The molecule has 1 saturated heterocycles. The van der Waals surface area contributed by atoms with Gasteiger partial charge in [0, 0.05) is 33.9 Å². The summed E-state index contributed by atoms with van der Waals surface area (Å²) in [6.07, 6.45) is 4.70. The second-order valence-corrected chi connectivity index (χ2v) is 11.8. The summed E-state index contributed by atoms with van der Waals surface area (Å²) in [5, 5.41) is 22.9. The number of fused-ring (bicyclic) bond motifs is 4. The largest absolute Gasteiger partial charge is 0.483 e. The minimum absolute atomic E-state index is 0.00464. The first-order valence-corrected chi connectivity index (χ1v) is 13.8. The van der Waals surface area contributed by atoms with E-state index in [1.54, 1.807) is 30.4 Å². The lowest BCUT2D eigenvalue weighted by Crippen LogP contribution is -2.41. The van der Waals surface area contributed by atoms with Crippen LogP contribution in [-0.4, -0.2) is 52.8 Å². The van der Waals surface area contributed by atoms with E-state index in [4.69, 9.17) is 36.9 Å². The molecule has 2 aromatic carbocycles. The van der Waals surface area contributed by atoms with E-state index in [2.05, 4.69) is 0 Å². The van der Waals surface area contributed by atoms with Crippen molar-refractivity contribution in [2.24, 2.45) is 0 Å². The average molecular weight is 591 g/mol. The lowest BCUT2D eigenvalue weighted by molar-refractivity contribution is -0.271. The molecule has 2 aliphatic rings. The van der Waals surface area contributed by atoms with Crippen LogP contribution in [0, 0.1) is 0 Å². The van der Waals surface area contributed by atoms with Crippen molar-refractivity contribution >= 4 is 39.0 Å². The Morgan fingerprint density at radius 1 is 0.953 bits per heavy atom. The summed E-state index contributed by atoms with van der Waals surface area (Å²) in [6, 6.07) is 10.3. The van der Waals surface area contributed by atoms with Gasteiger partial charge in [-0.1, -0.05) is 0 Å². The maximum absolute atomic E-state index is 12.0. The second-order valence-electron chi connectivity index (χ2n) is 11.8. The lowest BCUT2D eigenvalue weighted by Gasteiger charge is -2.31. The van der Waals surface area contributed by atoms with Gasteiger partial charge in [-0.25, -0.2) is 4.79 Å². The molecule has 11 nitrogen and oxygen atoms in total. The molecule has 1 spiro atoms. The zero-order chi connectivity index (χ0) is 30.1. The Bertz CT molecular complexity index is 1940. The molecule has 2 aliphatic heterocycles. The molecule has 2 N–H and O–H groups in total. The number of rotatable bonds is 7. The van der Waals surface area contributed by atoms with Crippen molar-refractivity contribution in [3.63, 3.8) is 0 Å². The van der Waals surface area contributed by atoms with Gasteiger partial charge in [0.25, 0.3) is 0 Å². The number of ether oxygens (including phenoxy) is 5. The normalized spacial score (nSPS) is 21.9. The molecule has 7 rings (SSSR count). The highest BCUT2D eigenvalue weighted by molar-refractivity contribution is 6.00. The zero-order valence-corrected chi connectivity index (χ0v) is 23.9. The van der Waals surface area contributed by atoms with Crippen molar-refractivity contribution in [2.45, 2.75) is 57.1 Å². The molecule has 224 valence electrons. The Hall–Kier alpha value is -4.29. The van der Waals surface area contributed by atoms with Crippen LogP contribution < -0.4 is 19.8 Å². The van der Waals surface area contributed by atoms with Gasteiger partial charge in [-0.15, -0.1) is 0 Å². The minimum atomic E-state index is -1.64. The molecule has 0 aliphatic carbocycles. The van der Waals surface area contributed by atoms with Gasteiger partial charge in [0.1, 0.15) is 25.4 Å². The Morgan fingerprint density at radius 2 is 1.65 bits per heavy atom. The van der Waals surface area contributed by atoms with Crippen molar-refractivity contribution in [1.29, 1.82) is 0 Å². The van der Waals surface area contributed by atoms with Crippen LogP contribution in [0.4, 0.5) is 0 Å². The van der Waals surface area contributed by atoms with Gasteiger partial charge in [-0.2, -0.15) is 0 Å². The molecule has 5 aromatic rings. The van der Waals surface area contributed by atoms with Crippen LogP contribution in [0.1, 0.15) is 33.3 Å². The molecular formula is C32H30O11. The minimum Gasteiger partial charge on any atom is -0.483 e. The van der Waals surface area contributed by atoms with Gasteiger partial charge in [0.05, 0.1) is 23.7 Å². The summed E-state index contributed by atoms with van der Waals surface area (Å²) in [6.45, 7) is 6.46. The average Bonchev–Trinajstić information content (AvgIpc) is 3.66. The van der Waals surface area contributed by atoms with Gasteiger partial charge in [0.2, 0.25) is 11.5 Å². The van der Waals surface area contributed by atoms with Gasteiger partial charge in [-0.05, 0) is 64.1 Å². The van der Waals surface area contributed by atoms with Gasteiger partial charge in [0.15, 0.2) is 22.5 Å². The lowest BCUT2D eigenvalue weighted by atomic mass is 10.0. The first-order valence-electron chi connectivity index (χ1n) is 13.8. The standard InChI is InChI=1S/C32H30O11/c1-30(2,35)21(33)15-38-29-25-20(9-12-37-25)14-18-7-10-32(42-27(18)29)41-22(31(3,4)43-32)16-39-28-24-19(8-11-36-24)13-17-5-6-23(34)40-26(17)28/h5-14,21-22,33,35H,15-16H2,1-4H3/t21-,22+,32-/m1/s1. The van der Waals surface area contributed by atoms with Crippen LogP contribution in [0.15, 0.2) is 73.0 Å². The van der Waals surface area contributed by atoms with Crippen LogP contribution in [0.5, 0.6) is 17.2 Å². The van der Waals surface area contributed by atoms with E-state index in [0.717, 1.165) is 10.8 Å². The second kappa shape index (κ2) is 9.61. The fraction of sp³-hybridized carbons (Fsp3) is 0.344. The van der Waals surface area contributed by atoms with E-state index in [-0.39, 0.29) is 30.3 Å². The number of aliphatic hydroxyl groups excluding tert-OH is 1. The van der Waals surface area contributed by atoms with Gasteiger partial charge in [-0.3, -0.25) is 0 Å². The molecule has 0 bridgehead atoms. The van der Waals surface area contributed by atoms with E-state index in [9.17, 15) is 15.0 Å². The molecule has 3 atom stereocenters.